The van der Waals surface area contributed by atoms with Gasteiger partial charge in [-0.1, -0.05) is 78.4 Å². The molecule has 4 rings (SSSR count). The van der Waals surface area contributed by atoms with Crippen molar-refractivity contribution in [2.75, 3.05) is 10.8 Å². The summed E-state index contributed by atoms with van der Waals surface area (Å²) in [7, 11) is -4.17. The molecule has 0 aromatic heterocycles. The highest BCUT2D eigenvalue weighted by Gasteiger charge is 2.34. The average molecular weight is 602 g/mol. The molecular formula is C34H36FN3O4S. The number of nitrogens with zero attached hydrogens (tertiary/aromatic N) is 2. The SMILES string of the molecule is Cc1ccc(S(=O)(=O)N(CC(=O)N(Cc2ccc(F)cc2)[C@H](Cc2ccccc2)C(=O)NC(C)C)c2ccccc2)cc1. The van der Waals surface area contributed by atoms with Gasteiger partial charge in [-0.2, -0.15) is 0 Å². The van der Waals surface area contributed by atoms with Crippen LogP contribution in [0.15, 0.2) is 114 Å². The number of halogens is 1. The van der Waals surface area contributed by atoms with Gasteiger partial charge in [0.15, 0.2) is 0 Å². The molecule has 2 amide bonds. The van der Waals surface area contributed by atoms with Gasteiger partial charge in [0.2, 0.25) is 11.8 Å². The third kappa shape index (κ3) is 8.29. The summed E-state index contributed by atoms with van der Waals surface area (Å²) in [6.45, 7) is 4.93. The van der Waals surface area contributed by atoms with E-state index in [0.717, 1.165) is 15.4 Å². The number of aryl methyl sites for hydroxylation is 1. The number of carbonyl (C=O) groups is 2. The van der Waals surface area contributed by atoms with Gasteiger partial charge in [0.25, 0.3) is 10.0 Å². The molecule has 0 unspecified atom stereocenters. The number of sulfonamides is 1. The molecule has 0 heterocycles. The lowest BCUT2D eigenvalue weighted by molar-refractivity contribution is -0.140. The molecule has 0 aliphatic heterocycles. The van der Waals surface area contributed by atoms with E-state index in [9.17, 15) is 22.4 Å². The Morgan fingerprint density at radius 1 is 0.791 bits per heavy atom. The summed E-state index contributed by atoms with van der Waals surface area (Å²) < 4.78 is 42.8. The van der Waals surface area contributed by atoms with Gasteiger partial charge < -0.3 is 10.2 Å². The van der Waals surface area contributed by atoms with Crippen molar-refractivity contribution in [3.05, 3.63) is 132 Å². The first-order chi connectivity index (χ1) is 20.5. The molecule has 0 aliphatic rings. The van der Waals surface area contributed by atoms with E-state index in [1.807, 2.05) is 51.1 Å². The Bertz CT molecular complexity index is 1610. The van der Waals surface area contributed by atoms with Crippen LogP contribution in [0.25, 0.3) is 0 Å². The van der Waals surface area contributed by atoms with Gasteiger partial charge >= 0.3 is 0 Å². The van der Waals surface area contributed by atoms with Crippen molar-refractivity contribution in [2.24, 2.45) is 0 Å². The van der Waals surface area contributed by atoms with Gasteiger partial charge in [-0.25, -0.2) is 12.8 Å². The summed E-state index contributed by atoms with van der Waals surface area (Å²) in [5.41, 5.74) is 2.63. The molecule has 0 bridgehead atoms. The Morgan fingerprint density at radius 2 is 1.37 bits per heavy atom. The first kappa shape index (κ1) is 31.4. The Balaban J connectivity index is 1.78. The number of nitrogens with one attached hydrogen (secondary N) is 1. The standard InChI is InChI=1S/C34H36FN3O4S/c1-25(2)36-34(40)32(22-27-10-6-4-7-11-27)37(23-28-16-18-29(35)19-17-28)33(39)24-38(30-12-8-5-9-13-30)43(41,42)31-20-14-26(3)15-21-31/h4-21,25,32H,22-24H2,1-3H3,(H,36,40)/t32-/m1/s1. The fourth-order valence-electron chi connectivity index (χ4n) is 4.68. The fourth-order valence-corrected chi connectivity index (χ4v) is 6.10. The third-order valence-corrected chi connectivity index (χ3v) is 8.69. The maximum Gasteiger partial charge on any atom is 0.264 e. The van der Waals surface area contributed by atoms with Gasteiger partial charge in [-0.05, 0) is 68.3 Å². The molecule has 0 radical (unpaired) electrons. The minimum Gasteiger partial charge on any atom is -0.352 e. The summed E-state index contributed by atoms with van der Waals surface area (Å²) in [5, 5.41) is 2.92. The number of carbonyl (C=O) groups excluding carboxylic acids is 2. The zero-order chi connectivity index (χ0) is 31.0. The monoisotopic (exact) mass is 601 g/mol. The lowest BCUT2D eigenvalue weighted by Crippen LogP contribution is -2.54. The van der Waals surface area contributed by atoms with E-state index < -0.39 is 34.3 Å². The highest BCUT2D eigenvalue weighted by Crippen LogP contribution is 2.25. The third-order valence-electron chi connectivity index (χ3n) is 6.90. The molecule has 4 aromatic carbocycles. The van der Waals surface area contributed by atoms with Crippen molar-refractivity contribution in [3.8, 4) is 0 Å². The Labute approximate surface area is 253 Å². The van der Waals surface area contributed by atoms with Crippen LogP contribution in [0, 0.1) is 12.7 Å². The molecule has 0 saturated carbocycles. The Morgan fingerprint density at radius 3 is 1.95 bits per heavy atom. The summed E-state index contributed by atoms with van der Waals surface area (Å²) in [5.74, 6) is -1.38. The second-order valence-electron chi connectivity index (χ2n) is 10.7. The van der Waals surface area contributed by atoms with Crippen molar-refractivity contribution in [3.63, 3.8) is 0 Å². The summed E-state index contributed by atoms with van der Waals surface area (Å²) in [6, 6.07) is 28.6. The molecule has 1 N–H and O–H groups in total. The van der Waals surface area contributed by atoms with Gasteiger partial charge in [0.05, 0.1) is 10.6 Å². The van der Waals surface area contributed by atoms with Crippen LogP contribution in [0.5, 0.6) is 0 Å². The number of hydrogen-bond acceptors (Lipinski definition) is 4. The molecule has 9 heteroatoms. The summed E-state index contributed by atoms with van der Waals surface area (Å²) >= 11 is 0. The topological polar surface area (TPSA) is 86.8 Å². The van der Waals surface area contributed by atoms with Crippen LogP contribution in [0.3, 0.4) is 0 Å². The van der Waals surface area contributed by atoms with Crippen molar-refractivity contribution in [2.45, 2.75) is 50.7 Å². The highest BCUT2D eigenvalue weighted by atomic mass is 32.2. The van der Waals surface area contributed by atoms with Crippen LogP contribution in [-0.4, -0.2) is 43.8 Å². The lowest BCUT2D eigenvalue weighted by atomic mass is 10.0. The normalized spacial score (nSPS) is 12.0. The van der Waals surface area contributed by atoms with Gasteiger partial charge in [-0.15, -0.1) is 0 Å². The van der Waals surface area contributed by atoms with E-state index in [1.54, 1.807) is 54.6 Å². The van der Waals surface area contributed by atoms with E-state index in [-0.39, 0.29) is 29.8 Å². The molecule has 0 spiro atoms. The van der Waals surface area contributed by atoms with Crippen LogP contribution in [0.2, 0.25) is 0 Å². The molecule has 1 atom stereocenters. The first-order valence-electron chi connectivity index (χ1n) is 14.1. The van der Waals surface area contributed by atoms with E-state index in [4.69, 9.17) is 0 Å². The van der Waals surface area contributed by atoms with E-state index in [0.29, 0.717) is 11.3 Å². The number of amides is 2. The largest absolute Gasteiger partial charge is 0.352 e. The Hall–Kier alpha value is -4.50. The van der Waals surface area contributed by atoms with Gasteiger partial charge in [0, 0.05) is 19.0 Å². The zero-order valence-electron chi connectivity index (χ0n) is 24.5. The number of hydrogen-bond donors (Lipinski definition) is 1. The zero-order valence-corrected chi connectivity index (χ0v) is 25.3. The molecule has 43 heavy (non-hydrogen) atoms. The molecule has 0 fully saturated rings. The smallest absolute Gasteiger partial charge is 0.264 e. The van der Waals surface area contributed by atoms with Crippen molar-refractivity contribution in [1.82, 2.24) is 10.2 Å². The predicted molar refractivity (Wildman–Crippen MR) is 166 cm³/mol. The molecule has 7 nitrogen and oxygen atoms in total. The molecule has 224 valence electrons. The van der Waals surface area contributed by atoms with Crippen LogP contribution in [-0.2, 0) is 32.6 Å². The maximum absolute atomic E-state index is 14.3. The molecule has 0 aliphatic carbocycles. The first-order valence-corrected chi connectivity index (χ1v) is 15.5. The van der Waals surface area contributed by atoms with Crippen LogP contribution < -0.4 is 9.62 Å². The summed E-state index contributed by atoms with van der Waals surface area (Å²) in [4.78, 5) is 29.4. The fraction of sp³-hybridized carbons (Fsp3) is 0.235. The minimum atomic E-state index is -4.17. The summed E-state index contributed by atoms with van der Waals surface area (Å²) in [6.07, 6.45) is 0.197. The number of para-hydroxylation sites is 1. The van der Waals surface area contributed by atoms with Gasteiger partial charge in [0.1, 0.15) is 18.4 Å². The average Bonchev–Trinajstić information content (AvgIpc) is 2.99. The molecular weight excluding hydrogens is 565 g/mol. The van der Waals surface area contributed by atoms with Crippen LogP contribution in [0.1, 0.15) is 30.5 Å². The van der Waals surface area contributed by atoms with Crippen LogP contribution >= 0.6 is 0 Å². The molecule has 4 aromatic rings. The van der Waals surface area contributed by atoms with Crippen molar-refractivity contribution in [1.29, 1.82) is 0 Å². The number of rotatable bonds is 12. The quantitative estimate of drug-likeness (QED) is 0.233. The highest BCUT2D eigenvalue weighted by molar-refractivity contribution is 7.92. The van der Waals surface area contributed by atoms with Crippen LogP contribution in [0.4, 0.5) is 10.1 Å². The second-order valence-corrected chi connectivity index (χ2v) is 12.5. The molecule has 0 saturated heterocycles. The lowest BCUT2D eigenvalue weighted by Gasteiger charge is -2.34. The Kier molecular flexibility index (Phi) is 10.3. The van der Waals surface area contributed by atoms with E-state index in [2.05, 4.69) is 5.32 Å². The number of anilines is 1. The van der Waals surface area contributed by atoms with Crippen molar-refractivity contribution < 1.29 is 22.4 Å². The van der Waals surface area contributed by atoms with E-state index >= 15 is 0 Å². The van der Waals surface area contributed by atoms with Crippen molar-refractivity contribution >= 4 is 27.5 Å². The predicted octanol–water partition coefficient (Wildman–Crippen LogP) is 5.49. The van der Waals surface area contributed by atoms with Gasteiger partial charge in [-0.3, -0.25) is 13.9 Å². The number of benzene rings is 4. The maximum atomic E-state index is 14.3. The minimum absolute atomic E-state index is 0.0324. The second kappa shape index (κ2) is 14.1. The van der Waals surface area contributed by atoms with E-state index in [1.165, 1.54) is 29.2 Å².